The van der Waals surface area contributed by atoms with Crippen LogP contribution in [0.2, 0.25) is 0 Å². The van der Waals surface area contributed by atoms with E-state index in [4.69, 9.17) is 18.9 Å². The molecule has 0 aromatic heterocycles. The predicted octanol–water partition coefficient (Wildman–Crippen LogP) is 7.32. The van der Waals surface area contributed by atoms with Gasteiger partial charge in [0, 0.05) is 25.7 Å². The number of esters is 3. The van der Waals surface area contributed by atoms with Crippen LogP contribution in [0, 0.1) is 46.3 Å². The molecular formula is C38H52O7. The van der Waals surface area contributed by atoms with Crippen LogP contribution in [-0.4, -0.2) is 48.4 Å². The minimum absolute atomic E-state index is 0.00964. The number of rotatable bonds is 7. The second kappa shape index (κ2) is 12.2. The molecule has 45 heavy (non-hydrogen) atoms. The molecule has 0 unspecified atom stereocenters. The maximum atomic E-state index is 13.2. The number of hydrogen-bond acceptors (Lipinski definition) is 7. The Bertz CT molecular complexity index is 1310. The molecule has 1 saturated heterocycles. The van der Waals surface area contributed by atoms with Crippen molar-refractivity contribution in [2.75, 3.05) is 0 Å². The molecule has 7 nitrogen and oxygen atoms in total. The number of carbonyl (C=O) groups excluding carboxylic acids is 3. The van der Waals surface area contributed by atoms with Gasteiger partial charge < -0.3 is 18.9 Å². The molecule has 1 heterocycles. The normalized spacial score (nSPS) is 42.3. The van der Waals surface area contributed by atoms with Crippen LogP contribution in [0.25, 0.3) is 0 Å². The van der Waals surface area contributed by atoms with E-state index in [2.05, 4.69) is 27.4 Å². The molecular weight excluding hydrogens is 568 g/mol. The third-order valence-electron chi connectivity index (χ3n) is 13.0. The topological polar surface area (TPSA) is 88.1 Å². The van der Waals surface area contributed by atoms with E-state index < -0.39 is 6.10 Å². The quantitative estimate of drug-likeness (QED) is 0.179. The van der Waals surface area contributed by atoms with Crippen molar-refractivity contribution in [1.29, 1.82) is 0 Å². The summed E-state index contributed by atoms with van der Waals surface area (Å²) in [4.78, 5) is 37.6. The van der Waals surface area contributed by atoms with Crippen LogP contribution in [-0.2, 0) is 28.5 Å². The number of carbonyl (C=O) groups is 3. The van der Waals surface area contributed by atoms with Crippen LogP contribution in [0.15, 0.2) is 42.5 Å². The van der Waals surface area contributed by atoms with Crippen molar-refractivity contribution < 1.29 is 33.3 Å². The highest BCUT2D eigenvalue weighted by Gasteiger charge is 2.70. The van der Waals surface area contributed by atoms with E-state index in [0.29, 0.717) is 35.7 Å². The first-order valence-electron chi connectivity index (χ1n) is 17.2. The second-order valence-corrected chi connectivity index (χ2v) is 15.6. The Balaban J connectivity index is 1.26. The molecule has 4 saturated carbocycles. The highest BCUT2D eigenvalue weighted by Crippen LogP contribution is 2.70. The molecule has 1 aromatic rings. The lowest BCUT2D eigenvalue weighted by Crippen LogP contribution is -2.60. The van der Waals surface area contributed by atoms with E-state index in [0.717, 1.165) is 50.5 Å². The van der Waals surface area contributed by atoms with Crippen LogP contribution in [0.3, 0.4) is 0 Å². The van der Waals surface area contributed by atoms with Crippen LogP contribution in [0.4, 0.5) is 0 Å². The Morgan fingerprint density at radius 3 is 2.33 bits per heavy atom. The number of fused-ring (bicyclic) bond motifs is 7. The van der Waals surface area contributed by atoms with E-state index in [-0.39, 0.29) is 65.0 Å². The molecule has 0 N–H and O–H groups in total. The van der Waals surface area contributed by atoms with Gasteiger partial charge in [-0.3, -0.25) is 9.59 Å². The molecule has 1 aliphatic heterocycles. The molecule has 0 bridgehead atoms. The van der Waals surface area contributed by atoms with Gasteiger partial charge in [0.1, 0.15) is 18.3 Å². The van der Waals surface area contributed by atoms with Gasteiger partial charge in [0.2, 0.25) is 0 Å². The Labute approximate surface area is 268 Å². The monoisotopic (exact) mass is 620 g/mol. The predicted molar refractivity (Wildman–Crippen MR) is 170 cm³/mol. The van der Waals surface area contributed by atoms with Crippen molar-refractivity contribution in [3.05, 3.63) is 48.0 Å². The maximum absolute atomic E-state index is 13.2. The fraction of sp³-hybridized carbons (Fsp3) is 0.711. The zero-order valence-electron chi connectivity index (χ0n) is 28.0. The van der Waals surface area contributed by atoms with Crippen molar-refractivity contribution in [2.24, 2.45) is 46.3 Å². The van der Waals surface area contributed by atoms with Crippen LogP contribution < -0.4 is 0 Å². The molecule has 1 aromatic carbocycles. The van der Waals surface area contributed by atoms with Crippen LogP contribution >= 0.6 is 0 Å². The van der Waals surface area contributed by atoms with Gasteiger partial charge in [-0.1, -0.05) is 51.1 Å². The van der Waals surface area contributed by atoms with Gasteiger partial charge >= 0.3 is 17.9 Å². The van der Waals surface area contributed by atoms with E-state index in [1.807, 2.05) is 25.1 Å². The first-order chi connectivity index (χ1) is 21.3. The lowest BCUT2D eigenvalue weighted by Gasteiger charge is -2.62. The fourth-order valence-electron chi connectivity index (χ4n) is 11.3. The summed E-state index contributed by atoms with van der Waals surface area (Å²) < 4.78 is 25.2. The standard InChI is InChI=1S/C38H52O7/c1-21(2)17-32(45-36(41)25-11-9-8-10-12-25)35-22(3)34-31(44-35)19-30-28-14-13-26-18-27(42-23(4)39)15-16-37(26,6)29(28)20-33(38(30,34)7)43-24(5)40/h8-12,22,26-35H,1,13-20H2,2-7H3/t22-,26-,27-,28+,29-,30-,31-,32+,33+,34-,35-,37-,38+/m0/s1. The first kappa shape index (κ1) is 32.3. The van der Waals surface area contributed by atoms with Crippen LogP contribution in [0.5, 0.6) is 0 Å². The van der Waals surface area contributed by atoms with Crippen molar-refractivity contribution in [1.82, 2.24) is 0 Å². The Kier molecular flexibility index (Phi) is 8.73. The van der Waals surface area contributed by atoms with Crippen molar-refractivity contribution in [3.8, 4) is 0 Å². The number of ether oxygens (including phenoxy) is 4. The van der Waals surface area contributed by atoms with Gasteiger partial charge in [-0.2, -0.15) is 0 Å². The Hall–Kier alpha value is -2.67. The number of benzene rings is 1. The largest absolute Gasteiger partial charge is 0.463 e. The van der Waals surface area contributed by atoms with Gasteiger partial charge in [-0.05, 0) is 105 Å². The van der Waals surface area contributed by atoms with E-state index in [9.17, 15) is 14.4 Å². The lowest BCUT2D eigenvalue weighted by molar-refractivity contribution is -0.198. The molecule has 7 heteroatoms. The fourth-order valence-corrected chi connectivity index (χ4v) is 11.3. The summed E-state index contributed by atoms with van der Waals surface area (Å²) in [6.45, 7) is 16.2. The highest BCUT2D eigenvalue weighted by molar-refractivity contribution is 5.89. The minimum Gasteiger partial charge on any atom is -0.463 e. The second-order valence-electron chi connectivity index (χ2n) is 15.6. The number of hydrogen-bond donors (Lipinski definition) is 0. The first-order valence-corrected chi connectivity index (χ1v) is 17.2. The molecule has 246 valence electrons. The van der Waals surface area contributed by atoms with E-state index >= 15 is 0 Å². The van der Waals surface area contributed by atoms with E-state index in [1.165, 1.54) is 13.8 Å². The summed E-state index contributed by atoms with van der Waals surface area (Å²) in [6.07, 6.45) is 6.61. The van der Waals surface area contributed by atoms with Gasteiger partial charge in [0.15, 0.2) is 0 Å². The summed E-state index contributed by atoms with van der Waals surface area (Å²) in [5, 5.41) is 0. The molecule has 5 fully saturated rings. The summed E-state index contributed by atoms with van der Waals surface area (Å²) >= 11 is 0. The van der Waals surface area contributed by atoms with Gasteiger partial charge in [-0.15, -0.1) is 0 Å². The highest BCUT2D eigenvalue weighted by atomic mass is 16.6. The molecule has 0 spiro atoms. The molecule has 0 amide bonds. The summed E-state index contributed by atoms with van der Waals surface area (Å²) in [5.74, 6) is 1.41. The molecule has 4 aliphatic carbocycles. The average molecular weight is 621 g/mol. The lowest BCUT2D eigenvalue weighted by atomic mass is 9.43. The zero-order valence-corrected chi connectivity index (χ0v) is 28.0. The third-order valence-corrected chi connectivity index (χ3v) is 13.0. The SMILES string of the molecule is C=C(C)C[C@@H](OC(=O)c1ccccc1)[C@H]1O[C@H]2C[C@H]3[C@@H]4CC[C@H]5C[C@@H](OC(C)=O)CC[C@]5(C)[C@H]4C[C@@H](OC(C)=O)[C@]3(C)[C@H]2[C@@H]1C. The molecule has 13 atom stereocenters. The van der Waals surface area contributed by atoms with Crippen LogP contribution in [0.1, 0.15) is 103 Å². The van der Waals surface area contributed by atoms with Crippen molar-refractivity contribution in [2.45, 2.75) is 123 Å². The minimum atomic E-state index is -0.442. The van der Waals surface area contributed by atoms with Gasteiger partial charge in [-0.25, -0.2) is 4.79 Å². The molecule has 5 aliphatic rings. The van der Waals surface area contributed by atoms with E-state index in [1.54, 1.807) is 12.1 Å². The van der Waals surface area contributed by atoms with Gasteiger partial charge in [0.05, 0.1) is 17.8 Å². The summed E-state index contributed by atoms with van der Waals surface area (Å²) in [5.41, 5.74) is 1.37. The summed E-state index contributed by atoms with van der Waals surface area (Å²) in [6, 6.07) is 9.13. The average Bonchev–Trinajstić information content (AvgIpc) is 3.47. The smallest absolute Gasteiger partial charge is 0.338 e. The van der Waals surface area contributed by atoms with Crippen molar-refractivity contribution >= 4 is 17.9 Å². The molecule has 6 rings (SSSR count). The Morgan fingerprint density at radius 1 is 0.956 bits per heavy atom. The zero-order chi connectivity index (χ0) is 32.3. The Morgan fingerprint density at radius 2 is 1.67 bits per heavy atom. The third kappa shape index (κ3) is 5.65. The van der Waals surface area contributed by atoms with Crippen molar-refractivity contribution in [3.63, 3.8) is 0 Å². The maximum Gasteiger partial charge on any atom is 0.338 e. The molecule has 0 radical (unpaired) electrons. The van der Waals surface area contributed by atoms with Gasteiger partial charge in [0.25, 0.3) is 0 Å². The summed E-state index contributed by atoms with van der Waals surface area (Å²) in [7, 11) is 0.